The number of nitrogens with zero attached hydrogens (tertiary/aromatic N) is 2. The molecule has 0 saturated carbocycles. The minimum atomic E-state index is -1.29. The molecule has 0 aliphatic carbocycles. The molecule has 0 fully saturated rings. The molecule has 1 atom stereocenters. The number of amides is 1. The zero-order valence-electron chi connectivity index (χ0n) is 12.8. The van der Waals surface area contributed by atoms with Crippen LogP contribution in [0.25, 0.3) is 5.69 Å². The largest absolute Gasteiger partial charge is 0.480 e. The quantitative estimate of drug-likeness (QED) is 0.886. The van der Waals surface area contributed by atoms with E-state index in [-0.39, 0.29) is 0 Å². The van der Waals surface area contributed by atoms with Crippen LogP contribution in [0.15, 0.2) is 36.7 Å². The van der Waals surface area contributed by atoms with Gasteiger partial charge in [-0.05, 0) is 31.9 Å². The Bertz CT molecular complexity index is 708. The van der Waals surface area contributed by atoms with Crippen molar-refractivity contribution in [1.82, 2.24) is 15.1 Å². The van der Waals surface area contributed by atoms with Crippen molar-refractivity contribution >= 4 is 11.9 Å². The lowest BCUT2D eigenvalue weighted by molar-refractivity contribution is -0.143. The number of aliphatic carboxylic acids is 1. The summed E-state index contributed by atoms with van der Waals surface area (Å²) in [4.78, 5) is 23.5. The number of hydrogen-bond acceptors (Lipinski definition) is 3. The molecular weight excluding hydrogens is 282 g/mol. The Kier molecular flexibility index (Phi) is 4.30. The van der Waals surface area contributed by atoms with Gasteiger partial charge in [0.2, 0.25) is 0 Å². The van der Waals surface area contributed by atoms with Crippen molar-refractivity contribution in [3.05, 3.63) is 47.8 Å². The average Bonchev–Trinajstić information content (AvgIpc) is 2.97. The standard InChI is InChI=1S/C16H19N3O3/c1-4-16(3,15(21)22)18-14(20)12-9-17-19(10-12)13-8-6-5-7-11(13)2/h5-10H,4H2,1-3H3,(H,18,20)(H,21,22). The third kappa shape index (κ3) is 3.00. The second-order valence-electron chi connectivity index (χ2n) is 5.41. The first-order chi connectivity index (χ1) is 10.4. The van der Waals surface area contributed by atoms with Crippen molar-refractivity contribution in [3.8, 4) is 5.69 Å². The van der Waals surface area contributed by atoms with E-state index in [1.807, 2.05) is 31.2 Å². The fourth-order valence-corrected chi connectivity index (χ4v) is 2.01. The van der Waals surface area contributed by atoms with Gasteiger partial charge in [0.1, 0.15) is 5.54 Å². The lowest BCUT2D eigenvalue weighted by Gasteiger charge is -2.24. The Labute approximate surface area is 128 Å². The second kappa shape index (κ2) is 6.01. The van der Waals surface area contributed by atoms with Crippen molar-refractivity contribution in [2.75, 3.05) is 0 Å². The number of benzene rings is 1. The Hall–Kier alpha value is -2.63. The summed E-state index contributed by atoms with van der Waals surface area (Å²) in [5.41, 5.74) is 0.936. The lowest BCUT2D eigenvalue weighted by atomic mass is 9.99. The highest BCUT2D eigenvalue weighted by molar-refractivity contribution is 5.97. The number of carboxylic acids is 1. The van der Waals surface area contributed by atoms with E-state index in [2.05, 4.69) is 10.4 Å². The molecule has 2 rings (SSSR count). The lowest BCUT2D eigenvalue weighted by Crippen LogP contribution is -2.51. The topological polar surface area (TPSA) is 84.2 Å². The van der Waals surface area contributed by atoms with Crippen LogP contribution in [0.2, 0.25) is 0 Å². The van der Waals surface area contributed by atoms with Crippen molar-refractivity contribution in [1.29, 1.82) is 0 Å². The Balaban J connectivity index is 2.23. The molecule has 0 radical (unpaired) electrons. The number of carbonyl (C=O) groups is 2. The smallest absolute Gasteiger partial charge is 0.329 e. The summed E-state index contributed by atoms with van der Waals surface area (Å²) in [6.07, 6.45) is 3.31. The minimum absolute atomic E-state index is 0.292. The summed E-state index contributed by atoms with van der Waals surface area (Å²) < 4.78 is 1.61. The molecule has 6 heteroatoms. The maximum absolute atomic E-state index is 12.2. The molecule has 1 aromatic carbocycles. The zero-order valence-corrected chi connectivity index (χ0v) is 12.8. The predicted octanol–water partition coefficient (Wildman–Crippen LogP) is 2.16. The van der Waals surface area contributed by atoms with Gasteiger partial charge in [-0.25, -0.2) is 9.48 Å². The van der Waals surface area contributed by atoms with Crippen LogP contribution < -0.4 is 5.32 Å². The van der Waals surface area contributed by atoms with Crippen LogP contribution in [-0.4, -0.2) is 32.3 Å². The van der Waals surface area contributed by atoms with Gasteiger partial charge in [0, 0.05) is 6.20 Å². The molecule has 116 valence electrons. The van der Waals surface area contributed by atoms with Crippen molar-refractivity contribution in [2.45, 2.75) is 32.7 Å². The summed E-state index contributed by atoms with van der Waals surface area (Å²) in [6.45, 7) is 5.15. The highest BCUT2D eigenvalue weighted by Gasteiger charge is 2.33. The first kappa shape index (κ1) is 15.8. The third-order valence-electron chi connectivity index (χ3n) is 3.78. The number of aryl methyl sites for hydroxylation is 1. The fraction of sp³-hybridized carbons (Fsp3) is 0.312. The Morgan fingerprint density at radius 3 is 2.64 bits per heavy atom. The van der Waals surface area contributed by atoms with Crippen LogP contribution in [0.1, 0.15) is 36.2 Å². The van der Waals surface area contributed by atoms with E-state index in [1.165, 1.54) is 13.1 Å². The molecule has 1 aromatic heterocycles. The Morgan fingerprint density at radius 1 is 1.36 bits per heavy atom. The molecule has 22 heavy (non-hydrogen) atoms. The summed E-state index contributed by atoms with van der Waals surface area (Å²) in [5.74, 6) is -1.51. The van der Waals surface area contributed by atoms with E-state index in [0.29, 0.717) is 12.0 Å². The SMILES string of the molecule is CCC(C)(NC(=O)c1cnn(-c2ccccc2C)c1)C(=O)O. The summed E-state index contributed by atoms with van der Waals surface area (Å²) in [7, 11) is 0. The molecule has 0 aliphatic rings. The molecule has 2 aromatic rings. The predicted molar refractivity (Wildman–Crippen MR) is 82.1 cm³/mol. The normalized spacial score (nSPS) is 13.4. The number of aromatic nitrogens is 2. The van der Waals surface area contributed by atoms with Gasteiger partial charge in [-0.1, -0.05) is 25.1 Å². The first-order valence-electron chi connectivity index (χ1n) is 7.04. The molecular formula is C16H19N3O3. The van der Waals surface area contributed by atoms with Crippen LogP contribution in [0, 0.1) is 6.92 Å². The number of carbonyl (C=O) groups excluding carboxylic acids is 1. The summed E-state index contributed by atoms with van der Waals surface area (Å²) in [6, 6.07) is 7.67. The van der Waals surface area contributed by atoms with Crippen LogP contribution in [0.3, 0.4) is 0 Å². The number of carboxylic acid groups (broad SMARTS) is 1. The van der Waals surface area contributed by atoms with E-state index < -0.39 is 17.4 Å². The van der Waals surface area contributed by atoms with Crippen molar-refractivity contribution < 1.29 is 14.7 Å². The van der Waals surface area contributed by atoms with Gasteiger partial charge in [0.05, 0.1) is 17.4 Å². The number of hydrogen-bond donors (Lipinski definition) is 2. The molecule has 0 aliphatic heterocycles. The van der Waals surface area contributed by atoms with E-state index >= 15 is 0 Å². The van der Waals surface area contributed by atoms with Gasteiger partial charge >= 0.3 is 5.97 Å². The molecule has 1 amide bonds. The average molecular weight is 301 g/mol. The number of nitrogens with one attached hydrogen (secondary N) is 1. The zero-order chi connectivity index (χ0) is 16.3. The molecule has 0 spiro atoms. The molecule has 1 heterocycles. The van der Waals surface area contributed by atoms with E-state index in [4.69, 9.17) is 0 Å². The fourth-order valence-electron chi connectivity index (χ4n) is 2.01. The van der Waals surface area contributed by atoms with Gasteiger partial charge in [-0.15, -0.1) is 0 Å². The Morgan fingerprint density at radius 2 is 2.05 bits per heavy atom. The third-order valence-corrected chi connectivity index (χ3v) is 3.78. The van der Waals surface area contributed by atoms with E-state index in [9.17, 15) is 14.7 Å². The van der Waals surface area contributed by atoms with E-state index in [0.717, 1.165) is 11.3 Å². The minimum Gasteiger partial charge on any atom is -0.480 e. The molecule has 2 N–H and O–H groups in total. The van der Waals surface area contributed by atoms with E-state index in [1.54, 1.807) is 17.8 Å². The van der Waals surface area contributed by atoms with Gasteiger partial charge in [0.25, 0.3) is 5.91 Å². The first-order valence-corrected chi connectivity index (χ1v) is 7.04. The monoisotopic (exact) mass is 301 g/mol. The molecule has 0 bridgehead atoms. The van der Waals surface area contributed by atoms with Crippen LogP contribution in [0.5, 0.6) is 0 Å². The van der Waals surface area contributed by atoms with Crippen molar-refractivity contribution in [2.24, 2.45) is 0 Å². The van der Waals surface area contributed by atoms with Gasteiger partial charge < -0.3 is 10.4 Å². The molecule has 1 unspecified atom stereocenters. The number of rotatable bonds is 5. The molecule has 0 saturated heterocycles. The van der Waals surface area contributed by atoms with Gasteiger partial charge in [-0.3, -0.25) is 4.79 Å². The van der Waals surface area contributed by atoms with Crippen molar-refractivity contribution in [3.63, 3.8) is 0 Å². The van der Waals surface area contributed by atoms with Gasteiger partial charge in [0.15, 0.2) is 0 Å². The van der Waals surface area contributed by atoms with Crippen LogP contribution in [-0.2, 0) is 4.79 Å². The highest BCUT2D eigenvalue weighted by atomic mass is 16.4. The maximum Gasteiger partial charge on any atom is 0.329 e. The second-order valence-corrected chi connectivity index (χ2v) is 5.41. The maximum atomic E-state index is 12.2. The van der Waals surface area contributed by atoms with Gasteiger partial charge in [-0.2, -0.15) is 5.10 Å². The number of para-hydroxylation sites is 1. The van der Waals surface area contributed by atoms with Crippen LogP contribution in [0.4, 0.5) is 0 Å². The summed E-state index contributed by atoms with van der Waals surface area (Å²) >= 11 is 0. The van der Waals surface area contributed by atoms with Crippen LogP contribution >= 0.6 is 0 Å². The summed E-state index contributed by atoms with van der Waals surface area (Å²) in [5, 5.41) is 15.9. The highest BCUT2D eigenvalue weighted by Crippen LogP contribution is 2.15. The molecule has 6 nitrogen and oxygen atoms in total.